The molecule has 0 saturated carbocycles. The molecule has 0 bridgehead atoms. The Morgan fingerprint density at radius 1 is 1.22 bits per heavy atom. The van der Waals surface area contributed by atoms with Crippen LogP contribution >= 0.6 is 11.8 Å². The third-order valence-electron chi connectivity index (χ3n) is 4.25. The molecule has 120 valence electrons. The molecule has 1 saturated heterocycles. The lowest BCUT2D eigenvalue weighted by Crippen LogP contribution is -2.34. The van der Waals surface area contributed by atoms with E-state index in [1.807, 2.05) is 48.2 Å². The van der Waals surface area contributed by atoms with Crippen LogP contribution in [0.3, 0.4) is 0 Å². The molecule has 0 spiro atoms. The molecule has 1 fully saturated rings. The van der Waals surface area contributed by atoms with E-state index in [-0.39, 0.29) is 23.0 Å². The molecule has 3 rings (SSSR count). The minimum atomic E-state index is -0.238. The predicted octanol–water partition coefficient (Wildman–Crippen LogP) is 4.59. The SMILES string of the molecule is CC[C@H](C(=O)N1CCS[C@H]1c1ccccc1F)c1ccccc1. The molecule has 0 aliphatic carbocycles. The quantitative estimate of drug-likeness (QED) is 0.817. The highest BCUT2D eigenvalue weighted by Crippen LogP contribution is 2.41. The van der Waals surface area contributed by atoms with E-state index in [9.17, 15) is 9.18 Å². The Hall–Kier alpha value is -1.81. The lowest BCUT2D eigenvalue weighted by molar-refractivity contribution is -0.133. The summed E-state index contributed by atoms with van der Waals surface area (Å²) in [6.07, 6.45) is 0.744. The maximum absolute atomic E-state index is 14.1. The predicted molar refractivity (Wildman–Crippen MR) is 92.8 cm³/mol. The molecule has 4 heteroatoms. The zero-order chi connectivity index (χ0) is 16.2. The van der Waals surface area contributed by atoms with Gasteiger partial charge in [0.2, 0.25) is 5.91 Å². The van der Waals surface area contributed by atoms with Crippen LogP contribution in [0, 0.1) is 5.82 Å². The summed E-state index contributed by atoms with van der Waals surface area (Å²) in [5, 5.41) is -0.221. The summed E-state index contributed by atoms with van der Waals surface area (Å²) in [4.78, 5) is 14.9. The van der Waals surface area contributed by atoms with Gasteiger partial charge in [-0.15, -0.1) is 11.8 Å². The van der Waals surface area contributed by atoms with Gasteiger partial charge in [-0.3, -0.25) is 4.79 Å². The van der Waals surface area contributed by atoms with E-state index in [1.165, 1.54) is 6.07 Å². The maximum Gasteiger partial charge on any atom is 0.231 e. The molecule has 0 unspecified atom stereocenters. The van der Waals surface area contributed by atoms with Crippen molar-refractivity contribution in [2.75, 3.05) is 12.3 Å². The summed E-state index contributed by atoms with van der Waals surface area (Å²) in [5.74, 6) is 0.536. The third kappa shape index (κ3) is 3.27. The van der Waals surface area contributed by atoms with E-state index in [0.717, 1.165) is 17.7 Å². The Bertz CT molecular complexity index is 676. The summed E-state index contributed by atoms with van der Waals surface area (Å²) in [6, 6.07) is 16.6. The first-order valence-electron chi connectivity index (χ1n) is 7.93. The van der Waals surface area contributed by atoms with Crippen molar-refractivity contribution in [2.24, 2.45) is 0 Å². The van der Waals surface area contributed by atoms with Gasteiger partial charge in [-0.2, -0.15) is 0 Å². The zero-order valence-electron chi connectivity index (χ0n) is 13.1. The van der Waals surface area contributed by atoms with Gasteiger partial charge in [0.05, 0.1) is 5.92 Å². The Morgan fingerprint density at radius 2 is 1.91 bits per heavy atom. The number of nitrogens with zero attached hydrogens (tertiary/aromatic N) is 1. The summed E-state index contributed by atoms with van der Waals surface area (Å²) in [7, 11) is 0. The number of benzene rings is 2. The van der Waals surface area contributed by atoms with E-state index in [1.54, 1.807) is 23.9 Å². The second-order valence-corrected chi connectivity index (χ2v) is 6.84. The van der Waals surface area contributed by atoms with Crippen LogP contribution in [-0.4, -0.2) is 23.1 Å². The first kappa shape index (κ1) is 16.1. The largest absolute Gasteiger partial charge is 0.325 e. The van der Waals surface area contributed by atoms with E-state index in [2.05, 4.69) is 0 Å². The van der Waals surface area contributed by atoms with Crippen LogP contribution in [0.25, 0.3) is 0 Å². The van der Waals surface area contributed by atoms with Crippen LogP contribution in [0.4, 0.5) is 4.39 Å². The van der Waals surface area contributed by atoms with E-state index >= 15 is 0 Å². The van der Waals surface area contributed by atoms with Crippen LogP contribution in [0.5, 0.6) is 0 Å². The summed E-state index contributed by atoms with van der Waals surface area (Å²) >= 11 is 1.63. The number of carbonyl (C=O) groups excluding carboxylic acids is 1. The van der Waals surface area contributed by atoms with Gasteiger partial charge in [0.1, 0.15) is 11.2 Å². The smallest absolute Gasteiger partial charge is 0.231 e. The van der Waals surface area contributed by atoms with Crippen molar-refractivity contribution < 1.29 is 9.18 Å². The van der Waals surface area contributed by atoms with Gasteiger partial charge in [0.25, 0.3) is 0 Å². The highest BCUT2D eigenvalue weighted by Gasteiger charge is 2.35. The second kappa shape index (κ2) is 7.18. The minimum Gasteiger partial charge on any atom is -0.325 e. The Kier molecular flexibility index (Phi) is 5.01. The van der Waals surface area contributed by atoms with Crippen molar-refractivity contribution in [3.63, 3.8) is 0 Å². The fourth-order valence-corrected chi connectivity index (χ4v) is 4.35. The molecule has 0 radical (unpaired) electrons. The average molecular weight is 329 g/mol. The Balaban J connectivity index is 1.87. The first-order chi connectivity index (χ1) is 11.2. The van der Waals surface area contributed by atoms with Crippen LogP contribution in [0.15, 0.2) is 54.6 Å². The van der Waals surface area contributed by atoms with Crippen molar-refractivity contribution in [1.82, 2.24) is 4.90 Å². The zero-order valence-corrected chi connectivity index (χ0v) is 13.9. The second-order valence-electron chi connectivity index (χ2n) is 5.65. The molecular weight excluding hydrogens is 309 g/mol. The van der Waals surface area contributed by atoms with Crippen LogP contribution < -0.4 is 0 Å². The van der Waals surface area contributed by atoms with Gasteiger partial charge in [-0.05, 0) is 18.1 Å². The molecule has 2 atom stereocenters. The highest BCUT2D eigenvalue weighted by atomic mass is 32.2. The standard InChI is InChI=1S/C19H20FNOS/c1-2-15(14-8-4-3-5-9-14)18(22)21-12-13-23-19(21)16-10-6-7-11-17(16)20/h3-11,15,19H,2,12-13H2,1H3/t15-,19-/m0/s1. The number of hydrogen-bond donors (Lipinski definition) is 0. The van der Waals surface area contributed by atoms with Gasteiger partial charge in [0.15, 0.2) is 0 Å². The molecule has 2 aromatic carbocycles. The van der Waals surface area contributed by atoms with Crippen molar-refractivity contribution in [3.05, 3.63) is 71.5 Å². The van der Waals surface area contributed by atoms with Gasteiger partial charge in [0, 0.05) is 17.9 Å². The molecule has 1 aliphatic heterocycles. The average Bonchev–Trinajstić information content (AvgIpc) is 3.06. The lowest BCUT2D eigenvalue weighted by atomic mass is 9.95. The molecule has 0 aromatic heterocycles. The van der Waals surface area contributed by atoms with Crippen LogP contribution in [0.2, 0.25) is 0 Å². The van der Waals surface area contributed by atoms with Crippen molar-refractivity contribution in [3.8, 4) is 0 Å². The van der Waals surface area contributed by atoms with Gasteiger partial charge >= 0.3 is 0 Å². The molecule has 1 heterocycles. The fourth-order valence-electron chi connectivity index (χ4n) is 3.07. The highest BCUT2D eigenvalue weighted by molar-refractivity contribution is 7.99. The van der Waals surface area contributed by atoms with Crippen LogP contribution in [0.1, 0.15) is 35.8 Å². The summed E-state index contributed by atoms with van der Waals surface area (Å²) in [5.41, 5.74) is 1.63. The number of carbonyl (C=O) groups is 1. The maximum atomic E-state index is 14.1. The molecule has 0 N–H and O–H groups in total. The summed E-state index contributed by atoms with van der Waals surface area (Å²) in [6.45, 7) is 2.70. The minimum absolute atomic E-state index is 0.0944. The molecule has 1 aliphatic rings. The molecule has 23 heavy (non-hydrogen) atoms. The normalized spacial score (nSPS) is 18.9. The Labute approximate surface area is 140 Å². The number of rotatable bonds is 4. The lowest BCUT2D eigenvalue weighted by Gasteiger charge is -2.28. The summed E-state index contributed by atoms with van der Waals surface area (Å²) < 4.78 is 14.1. The van der Waals surface area contributed by atoms with Gasteiger partial charge in [-0.1, -0.05) is 55.5 Å². The topological polar surface area (TPSA) is 20.3 Å². The number of thioether (sulfide) groups is 1. The van der Waals surface area contributed by atoms with Gasteiger partial charge in [-0.25, -0.2) is 4.39 Å². The molecule has 2 aromatic rings. The third-order valence-corrected chi connectivity index (χ3v) is 5.50. The van der Waals surface area contributed by atoms with E-state index in [0.29, 0.717) is 12.1 Å². The van der Waals surface area contributed by atoms with Crippen LogP contribution in [-0.2, 0) is 4.79 Å². The van der Waals surface area contributed by atoms with Gasteiger partial charge < -0.3 is 4.90 Å². The number of hydrogen-bond acceptors (Lipinski definition) is 2. The molecular formula is C19H20FNOS. The van der Waals surface area contributed by atoms with Crippen molar-refractivity contribution >= 4 is 17.7 Å². The van der Waals surface area contributed by atoms with E-state index in [4.69, 9.17) is 0 Å². The molecule has 2 nitrogen and oxygen atoms in total. The fraction of sp³-hybridized carbons (Fsp3) is 0.316. The number of halogens is 1. The Morgan fingerprint density at radius 3 is 2.61 bits per heavy atom. The van der Waals surface area contributed by atoms with E-state index < -0.39 is 0 Å². The van der Waals surface area contributed by atoms with Crippen molar-refractivity contribution in [1.29, 1.82) is 0 Å². The number of amides is 1. The molecule has 1 amide bonds. The van der Waals surface area contributed by atoms with Crippen molar-refractivity contribution in [2.45, 2.75) is 24.6 Å². The monoisotopic (exact) mass is 329 g/mol. The first-order valence-corrected chi connectivity index (χ1v) is 8.98.